The molecule has 0 N–H and O–H groups in total. The Bertz CT molecular complexity index is 1260. The first-order chi connectivity index (χ1) is 17.7. The molecule has 192 valence electrons. The molecule has 0 aliphatic heterocycles. The molecule has 1 atom stereocenters. The van der Waals surface area contributed by atoms with Crippen molar-refractivity contribution in [1.82, 2.24) is 0 Å². The van der Waals surface area contributed by atoms with Crippen LogP contribution in [-0.4, -0.2) is 3.21 Å². The summed E-state index contributed by atoms with van der Waals surface area (Å²) >= 11 is 1.46. The molecule has 0 radical (unpaired) electrons. The fourth-order valence-electron chi connectivity index (χ4n) is 4.37. The molecule has 38 heavy (non-hydrogen) atoms. The summed E-state index contributed by atoms with van der Waals surface area (Å²) in [5.74, 6) is 0.736. The standard InChI is InChI=1S/C13H9.C13H10.C9H13.2ClH.Zr/c1-3-7-12-10(5-1)9-11-6-2-4-8-13(11)12;1-3-7-12(8-4-1)11-13-9-5-2-6-10-13;1-3-8(2)9-6-4-5-7-9;;;/h1-5,7-8H,9H2;1-10H;6-8H,3-4H2,1-2H3;2*1H;/q-1;;-1;;;+2/p-2. The van der Waals surface area contributed by atoms with Crippen molar-refractivity contribution >= 4 is 3.21 Å². The maximum atomic E-state index is 3.30. The fraction of sp³-hybridized carbons (Fsp3) is 0.171. The van der Waals surface area contributed by atoms with Crippen molar-refractivity contribution in [3.8, 4) is 11.1 Å². The Morgan fingerprint density at radius 2 is 1.37 bits per heavy atom. The third-order valence-electron chi connectivity index (χ3n) is 6.65. The molecule has 4 aromatic rings. The zero-order valence-corrected chi connectivity index (χ0v) is 25.9. The topological polar surface area (TPSA) is 0 Å². The normalized spacial score (nSPS) is 12.6. The van der Waals surface area contributed by atoms with Gasteiger partial charge in [0.1, 0.15) is 0 Å². The van der Waals surface area contributed by atoms with Crippen molar-refractivity contribution in [3.63, 3.8) is 0 Å². The first kappa shape index (κ1) is 31.9. The second kappa shape index (κ2) is 16.6. The van der Waals surface area contributed by atoms with Crippen LogP contribution in [0.3, 0.4) is 0 Å². The van der Waals surface area contributed by atoms with Crippen LogP contribution in [0.2, 0.25) is 0 Å². The second-order valence-electron chi connectivity index (χ2n) is 9.07. The Labute approximate surface area is 256 Å². The average Bonchev–Trinajstić information content (AvgIpc) is 3.62. The molecule has 0 saturated heterocycles. The van der Waals surface area contributed by atoms with Crippen molar-refractivity contribution in [3.05, 3.63) is 155 Å². The number of allylic oxidation sites excluding steroid dienone is 4. The molecule has 6 rings (SSSR count). The van der Waals surface area contributed by atoms with Gasteiger partial charge in [-0.2, -0.15) is 41.5 Å². The zero-order chi connectivity index (χ0) is 25.2. The van der Waals surface area contributed by atoms with Crippen LogP contribution >= 0.6 is 0 Å². The summed E-state index contributed by atoms with van der Waals surface area (Å²) in [5, 5.41) is 0. The van der Waals surface area contributed by atoms with Crippen molar-refractivity contribution < 1.29 is 49.0 Å². The number of benzene rings is 4. The van der Waals surface area contributed by atoms with Gasteiger partial charge in [0.05, 0.1) is 0 Å². The van der Waals surface area contributed by atoms with Crippen LogP contribution in [0.4, 0.5) is 0 Å². The van der Waals surface area contributed by atoms with Crippen molar-refractivity contribution in [1.29, 1.82) is 0 Å². The second-order valence-corrected chi connectivity index (χ2v) is 10.3. The van der Waals surface area contributed by atoms with Crippen LogP contribution in [0.15, 0.2) is 121 Å². The molecule has 0 fully saturated rings. The van der Waals surface area contributed by atoms with Crippen LogP contribution in [0.5, 0.6) is 0 Å². The van der Waals surface area contributed by atoms with E-state index in [9.17, 15) is 0 Å². The monoisotopic (exact) mass is 612 g/mol. The van der Waals surface area contributed by atoms with E-state index in [1.807, 2.05) is 6.07 Å². The Hall–Kier alpha value is -2.31. The van der Waals surface area contributed by atoms with Gasteiger partial charge in [-0.15, -0.1) is 12.0 Å². The SMILES string of the molecule is CCC(C)C1=CC[C-]=C1.[Cl-].[Cl-].[Zr+2]=[C](c1ccccc1)c1ccccc1.[c-]1cccc2c1Cc1ccccc1-2. The van der Waals surface area contributed by atoms with Crippen molar-refractivity contribution in [2.75, 3.05) is 0 Å². The maximum absolute atomic E-state index is 3.30. The number of rotatable bonds is 4. The molecule has 0 heterocycles. The first-order valence-corrected chi connectivity index (χ1v) is 13.9. The third-order valence-corrected chi connectivity index (χ3v) is 8.07. The van der Waals surface area contributed by atoms with Crippen LogP contribution in [-0.2, 0) is 30.7 Å². The molecule has 4 aromatic carbocycles. The molecule has 0 saturated carbocycles. The predicted octanol–water partition coefficient (Wildman–Crippen LogP) is 2.59. The zero-order valence-electron chi connectivity index (χ0n) is 21.9. The van der Waals surface area contributed by atoms with Gasteiger partial charge in [0, 0.05) is 0 Å². The maximum Gasteiger partial charge on any atom is -0.0253 e. The quantitative estimate of drug-likeness (QED) is 0.273. The van der Waals surface area contributed by atoms with Crippen LogP contribution in [0.1, 0.15) is 48.9 Å². The van der Waals surface area contributed by atoms with E-state index in [1.165, 1.54) is 72.8 Å². The smallest absolute Gasteiger partial charge is 0.0253 e. The Kier molecular flexibility index (Phi) is 13.9. The van der Waals surface area contributed by atoms with E-state index in [0.717, 1.165) is 18.8 Å². The van der Waals surface area contributed by atoms with Gasteiger partial charge < -0.3 is 24.8 Å². The van der Waals surface area contributed by atoms with Gasteiger partial charge in [0.15, 0.2) is 0 Å². The van der Waals surface area contributed by atoms with Crippen LogP contribution in [0, 0.1) is 18.1 Å². The van der Waals surface area contributed by atoms with E-state index >= 15 is 0 Å². The molecule has 3 heteroatoms. The molecule has 2 aliphatic rings. The number of halogens is 2. The van der Waals surface area contributed by atoms with Gasteiger partial charge in [0.25, 0.3) is 0 Å². The Balaban J connectivity index is 0.000000200. The number of hydrogen-bond donors (Lipinski definition) is 0. The largest absolute Gasteiger partial charge is 0.179 e. The van der Waals surface area contributed by atoms with E-state index in [0.29, 0.717) is 0 Å². The van der Waals surface area contributed by atoms with Gasteiger partial charge >= 0.3 is 99.2 Å². The minimum absolute atomic E-state index is 0. The minimum atomic E-state index is 0. The van der Waals surface area contributed by atoms with E-state index in [2.05, 4.69) is 135 Å². The van der Waals surface area contributed by atoms with Crippen molar-refractivity contribution in [2.24, 2.45) is 5.92 Å². The summed E-state index contributed by atoms with van der Waals surface area (Å²) in [7, 11) is 0. The third kappa shape index (κ3) is 8.60. The van der Waals surface area contributed by atoms with Crippen molar-refractivity contribution in [2.45, 2.75) is 33.1 Å². The number of hydrogen-bond acceptors (Lipinski definition) is 0. The van der Waals surface area contributed by atoms with Gasteiger partial charge in [0.2, 0.25) is 0 Å². The predicted molar refractivity (Wildman–Crippen MR) is 150 cm³/mol. The summed E-state index contributed by atoms with van der Waals surface area (Å²) in [6, 6.07) is 39.2. The molecule has 0 nitrogen and oxygen atoms in total. The van der Waals surface area contributed by atoms with Gasteiger partial charge in [-0.1, -0.05) is 61.6 Å². The molecule has 0 bridgehead atoms. The molecule has 0 spiro atoms. The summed E-state index contributed by atoms with van der Waals surface area (Å²) in [6.07, 6.45) is 10.9. The molecule has 0 amide bonds. The first-order valence-electron chi connectivity index (χ1n) is 12.7. The van der Waals surface area contributed by atoms with Gasteiger partial charge in [-0.05, 0) is 6.42 Å². The molecular formula is C35H32Cl2Zr-2. The molecule has 0 aromatic heterocycles. The fourth-order valence-corrected chi connectivity index (χ4v) is 5.18. The van der Waals surface area contributed by atoms with E-state index < -0.39 is 0 Å². The van der Waals surface area contributed by atoms with Gasteiger partial charge in [-0.3, -0.25) is 6.08 Å². The minimum Gasteiger partial charge on any atom is -0.179 e. The summed E-state index contributed by atoms with van der Waals surface area (Å²) < 4.78 is 1.42. The Morgan fingerprint density at radius 1 is 0.789 bits per heavy atom. The van der Waals surface area contributed by atoms with Gasteiger partial charge in [-0.25, -0.2) is 6.08 Å². The van der Waals surface area contributed by atoms with E-state index in [-0.39, 0.29) is 24.8 Å². The van der Waals surface area contributed by atoms with Crippen LogP contribution in [0.25, 0.3) is 11.1 Å². The van der Waals surface area contributed by atoms with E-state index in [4.69, 9.17) is 0 Å². The molecular weight excluding hydrogens is 583 g/mol. The van der Waals surface area contributed by atoms with Crippen LogP contribution < -0.4 is 24.8 Å². The van der Waals surface area contributed by atoms with E-state index in [1.54, 1.807) is 0 Å². The summed E-state index contributed by atoms with van der Waals surface area (Å²) in [4.78, 5) is 0. The molecule has 2 aliphatic carbocycles. The average molecular weight is 615 g/mol. The Morgan fingerprint density at radius 3 is 1.95 bits per heavy atom. The summed E-state index contributed by atoms with van der Waals surface area (Å²) in [6.45, 7) is 4.48. The number of fused-ring (bicyclic) bond motifs is 3. The molecule has 1 unspecified atom stereocenters. The summed E-state index contributed by atoms with van der Waals surface area (Å²) in [5.41, 5.74) is 9.64.